The molecule has 2 fully saturated rings. The van der Waals surface area contributed by atoms with Crippen LogP contribution >= 0.6 is 0 Å². The highest BCUT2D eigenvalue weighted by molar-refractivity contribution is 5.76. The molecule has 0 aromatic rings. The molecule has 2 rings (SSSR count). The number of hydrogen-bond donors (Lipinski definition) is 0. The van der Waals surface area contributed by atoms with Crippen LogP contribution in [0.4, 0.5) is 4.79 Å². The van der Waals surface area contributed by atoms with E-state index in [0.29, 0.717) is 6.54 Å². The molecule has 3 amide bonds. The molecular weight excluding hydrogens is 308 g/mol. The number of morpholine rings is 1. The largest absolute Gasteiger partial charge is 0.379 e. The highest BCUT2D eigenvalue weighted by atomic mass is 16.5. The van der Waals surface area contributed by atoms with Crippen LogP contribution in [0.5, 0.6) is 0 Å². The smallest absolute Gasteiger partial charge is 0.320 e. The van der Waals surface area contributed by atoms with E-state index < -0.39 is 0 Å². The predicted octanol–water partition coefficient (Wildman–Crippen LogP) is 0.703. The maximum atomic E-state index is 12.5. The Bertz CT molecular complexity index is 422. The van der Waals surface area contributed by atoms with Gasteiger partial charge in [-0.15, -0.1) is 0 Å². The second kappa shape index (κ2) is 9.22. The Morgan fingerprint density at radius 3 is 2.38 bits per heavy atom. The van der Waals surface area contributed by atoms with E-state index in [4.69, 9.17) is 4.74 Å². The fourth-order valence-corrected chi connectivity index (χ4v) is 3.54. The molecule has 0 aromatic carbocycles. The van der Waals surface area contributed by atoms with Gasteiger partial charge >= 0.3 is 6.03 Å². The zero-order valence-corrected chi connectivity index (χ0v) is 15.4. The lowest BCUT2D eigenvalue weighted by atomic mass is 10.2. The Kier molecular flexibility index (Phi) is 7.30. The van der Waals surface area contributed by atoms with Crippen molar-refractivity contribution in [2.24, 2.45) is 0 Å². The molecule has 0 N–H and O–H groups in total. The summed E-state index contributed by atoms with van der Waals surface area (Å²) in [6.45, 7) is 13.5. The first-order valence-electron chi connectivity index (χ1n) is 9.18. The first kappa shape index (κ1) is 19.0. The van der Waals surface area contributed by atoms with Gasteiger partial charge in [0.2, 0.25) is 5.91 Å². The second-order valence-corrected chi connectivity index (χ2v) is 6.51. The first-order chi connectivity index (χ1) is 11.6. The number of ether oxygens (including phenoxy) is 1. The summed E-state index contributed by atoms with van der Waals surface area (Å²) in [4.78, 5) is 32.6. The summed E-state index contributed by atoms with van der Waals surface area (Å²) in [7, 11) is 0. The third-order valence-corrected chi connectivity index (χ3v) is 5.07. The number of rotatable bonds is 6. The van der Waals surface area contributed by atoms with Crippen LogP contribution in [0, 0.1) is 0 Å². The minimum atomic E-state index is 0.0965. The third kappa shape index (κ3) is 4.83. The Labute approximate surface area is 145 Å². The molecule has 0 aromatic heterocycles. The molecule has 7 heteroatoms. The highest BCUT2D eigenvalue weighted by Crippen LogP contribution is 2.18. The van der Waals surface area contributed by atoms with Crippen molar-refractivity contribution in [3.05, 3.63) is 0 Å². The van der Waals surface area contributed by atoms with E-state index in [-0.39, 0.29) is 18.0 Å². The summed E-state index contributed by atoms with van der Waals surface area (Å²) >= 11 is 0. The maximum Gasteiger partial charge on any atom is 0.320 e. The van der Waals surface area contributed by atoms with Crippen LogP contribution in [-0.4, -0.2) is 103 Å². The summed E-state index contributed by atoms with van der Waals surface area (Å²) < 4.78 is 5.37. The Hall–Kier alpha value is -1.34. The van der Waals surface area contributed by atoms with Gasteiger partial charge in [-0.1, -0.05) is 0 Å². The minimum absolute atomic E-state index is 0.0965. The molecule has 2 aliphatic heterocycles. The number of amides is 3. The predicted molar refractivity (Wildman–Crippen MR) is 92.9 cm³/mol. The average molecular weight is 340 g/mol. The molecule has 2 saturated heterocycles. The van der Waals surface area contributed by atoms with Crippen molar-refractivity contribution >= 4 is 11.9 Å². The van der Waals surface area contributed by atoms with E-state index in [1.54, 1.807) is 6.92 Å². The van der Waals surface area contributed by atoms with E-state index in [2.05, 4.69) is 4.90 Å². The quantitative estimate of drug-likeness (QED) is 0.714. The van der Waals surface area contributed by atoms with E-state index in [1.165, 1.54) is 0 Å². The molecule has 1 unspecified atom stereocenters. The van der Waals surface area contributed by atoms with Crippen molar-refractivity contribution in [3.8, 4) is 0 Å². The van der Waals surface area contributed by atoms with E-state index in [0.717, 1.165) is 65.4 Å². The number of nitrogens with zero attached hydrogens (tertiary/aromatic N) is 4. The number of carbonyl (C=O) groups is 2. The summed E-state index contributed by atoms with van der Waals surface area (Å²) in [5.74, 6) is 0.102. The van der Waals surface area contributed by atoms with Gasteiger partial charge in [-0.2, -0.15) is 0 Å². The molecule has 0 aliphatic carbocycles. The lowest BCUT2D eigenvalue weighted by Gasteiger charge is -2.33. The number of hydrogen-bond acceptors (Lipinski definition) is 4. The fourth-order valence-electron chi connectivity index (χ4n) is 3.54. The van der Waals surface area contributed by atoms with Gasteiger partial charge in [0.15, 0.2) is 0 Å². The molecule has 0 radical (unpaired) electrons. The normalized spacial score (nSPS) is 21.8. The van der Waals surface area contributed by atoms with Crippen LogP contribution in [-0.2, 0) is 9.53 Å². The van der Waals surface area contributed by atoms with Crippen LogP contribution in [0.3, 0.4) is 0 Å². The van der Waals surface area contributed by atoms with Crippen LogP contribution in [0.25, 0.3) is 0 Å². The molecule has 0 bridgehead atoms. The molecule has 7 nitrogen and oxygen atoms in total. The second-order valence-electron chi connectivity index (χ2n) is 6.51. The van der Waals surface area contributed by atoms with Crippen molar-refractivity contribution in [2.45, 2.75) is 33.2 Å². The summed E-state index contributed by atoms with van der Waals surface area (Å²) in [6, 6.07) is 0.238. The molecule has 0 spiro atoms. The first-order valence-corrected chi connectivity index (χ1v) is 9.18. The lowest BCUT2D eigenvalue weighted by Crippen LogP contribution is -2.48. The van der Waals surface area contributed by atoms with Gasteiger partial charge in [0.1, 0.15) is 0 Å². The van der Waals surface area contributed by atoms with Crippen molar-refractivity contribution in [3.63, 3.8) is 0 Å². The van der Waals surface area contributed by atoms with E-state index >= 15 is 0 Å². The number of urea groups is 1. The summed E-state index contributed by atoms with van der Waals surface area (Å²) in [5.41, 5.74) is 0. The molecule has 2 heterocycles. The zero-order valence-electron chi connectivity index (χ0n) is 15.4. The number of carbonyl (C=O) groups excluding carboxylic acids is 2. The average Bonchev–Trinajstić information content (AvgIpc) is 3.06. The van der Waals surface area contributed by atoms with E-state index in [1.807, 2.05) is 28.5 Å². The molecule has 2 aliphatic rings. The van der Waals surface area contributed by atoms with E-state index in [9.17, 15) is 9.59 Å². The van der Waals surface area contributed by atoms with Gasteiger partial charge in [0.05, 0.1) is 19.3 Å². The van der Waals surface area contributed by atoms with Crippen molar-refractivity contribution in [1.29, 1.82) is 0 Å². The number of likely N-dealkylation sites (tertiary alicyclic amines) is 1. The van der Waals surface area contributed by atoms with Gasteiger partial charge in [0, 0.05) is 59.3 Å². The highest BCUT2D eigenvalue weighted by Gasteiger charge is 2.33. The van der Waals surface area contributed by atoms with Gasteiger partial charge in [0.25, 0.3) is 0 Å². The Morgan fingerprint density at radius 1 is 1.12 bits per heavy atom. The fraction of sp³-hybridized carbons (Fsp3) is 0.882. The van der Waals surface area contributed by atoms with Crippen LogP contribution in [0.2, 0.25) is 0 Å². The monoisotopic (exact) mass is 340 g/mol. The molecular formula is C17H32N4O3. The maximum absolute atomic E-state index is 12.5. The van der Waals surface area contributed by atoms with Crippen LogP contribution < -0.4 is 0 Å². The molecule has 0 saturated carbocycles. The topological polar surface area (TPSA) is 56.3 Å². The standard InChI is InChI=1S/C17H32N4O3/c1-4-19(5-2)17(23)20-7-6-16(14-20)21(15(3)22)9-8-18-10-12-24-13-11-18/h16H,4-14H2,1-3H3. The summed E-state index contributed by atoms with van der Waals surface area (Å²) in [6.07, 6.45) is 0.871. The van der Waals surface area contributed by atoms with Gasteiger partial charge < -0.3 is 19.4 Å². The van der Waals surface area contributed by atoms with Gasteiger partial charge in [-0.25, -0.2) is 4.79 Å². The lowest BCUT2D eigenvalue weighted by molar-refractivity contribution is -0.131. The molecule has 138 valence electrons. The van der Waals surface area contributed by atoms with Gasteiger partial charge in [-0.05, 0) is 20.3 Å². The van der Waals surface area contributed by atoms with Gasteiger partial charge in [-0.3, -0.25) is 9.69 Å². The zero-order chi connectivity index (χ0) is 17.5. The van der Waals surface area contributed by atoms with Crippen LogP contribution in [0.1, 0.15) is 27.2 Å². The SMILES string of the molecule is CCN(CC)C(=O)N1CCC(N(CCN2CCOCC2)C(C)=O)C1. The van der Waals surface area contributed by atoms with Crippen molar-refractivity contribution < 1.29 is 14.3 Å². The Morgan fingerprint density at radius 2 is 1.79 bits per heavy atom. The molecule has 24 heavy (non-hydrogen) atoms. The van der Waals surface area contributed by atoms with Crippen molar-refractivity contribution in [1.82, 2.24) is 19.6 Å². The third-order valence-electron chi connectivity index (χ3n) is 5.07. The molecule has 1 atom stereocenters. The summed E-state index contributed by atoms with van der Waals surface area (Å²) in [5, 5.41) is 0. The van der Waals surface area contributed by atoms with Crippen molar-refractivity contribution in [2.75, 3.05) is 65.6 Å². The minimum Gasteiger partial charge on any atom is -0.379 e. The Balaban J connectivity index is 1.87. The van der Waals surface area contributed by atoms with Crippen LogP contribution in [0.15, 0.2) is 0 Å².